The zero-order valence-electron chi connectivity index (χ0n) is 26.0. The largest absolute Gasteiger partial charge is 0.507 e. The van der Waals surface area contributed by atoms with Gasteiger partial charge in [-0.15, -0.1) is 6.58 Å². The molecule has 0 saturated heterocycles. The van der Waals surface area contributed by atoms with Crippen molar-refractivity contribution in [1.82, 2.24) is 0 Å². The lowest BCUT2D eigenvalue weighted by Gasteiger charge is -2.61. The Morgan fingerprint density at radius 2 is 1.87 bits per heavy atom. The summed E-state index contributed by atoms with van der Waals surface area (Å²) >= 11 is 0. The van der Waals surface area contributed by atoms with Gasteiger partial charge in [-0.3, -0.25) is 0 Å². The van der Waals surface area contributed by atoms with Crippen LogP contribution in [0.1, 0.15) is 141 Å². The maximum atomic E-state index is 13.7. The first-order chi connectivity index (χ1) is 18.5. The summed E-state index contributed by atoms with van der Waals surface area (Å²) in [5, 5.41) is 22.4. The molecule has 3 saturated carbocycles. The van der Waals surface area contributed by atoms with E-state index in [-0.39, 0.29) is 34.5 Å². The molecule has 1 aromatic carbocycles. The SMILES string of the molecule is C=CC.CC.CCCCCc1cc(O)c(C2C=C(C)CCC2)c(O)c1C(=O)OC1CC2CC23C(C)(C)CC13C. The molecule has 5 atom stereocenters. The molecule has 0 bridgehead atoms. The van der Waals surface area contributed by atoms with Crippen LogP contribution in [0, 0.1) is 22.2 Å². The van der Waals surface area contributed by atoms with Crippen molar-refractivity contribution in [2.75, 3.05) is 0 Å². The zero-order valence-corrected chi connectivity index (χ0v) is 26.0. The van der Waals surface area contributed by atoms with Crippen molar-refractivity contribution >= 4 is 5.97 Å². The predicted octanol–water partition coefficient (Wildman–Crippen LogP) is 9.63. The Kier molecular flexibility index (Phi) is 9.71. The average Bonchev–Trinajstić information content (AvgIpc) is 3.59. The van der Waals surface area contributed by atoms with E-state index in [0.29, 0.717) is 34.3 Å². The lowest BCUT2D eigenvalue weighted by Crippen LogP contribution is -2.57. The molecule has 0 aromatic heterocycles. The lowest BCUT2D eigenvalue weighted by molar-refractivity contribution is -0.159. The van der Waals surface area contributed by atoms with E-state index in [0.717, 1.165) is 51.4 Å². The van der Waals surface area contributed by atoms with Crippen LogP contribution in [0.2, 0.25) is 0 Å². The summed E-state index contributed by atoms with van der Waals surface area (Å²) in [4.78, 5) is 13.7. The van der Waals surface area contributed by atoms with E-state index in [2.05, 4.69) is 47.3 Å². The topological polar surface area (TPSA) is 66.8 Å². The third-order valence-corrected chi connectivity index (χ3v) is 10.2. The molecular weight excluding hydrogens is 484 g/mol. The molecule has 0 amide bonds. The summed E-state index contributed by atoms with van der Waals surface area (Å²) in [6.07, 6.45) is 13.7. The zero-order chi connectivity index (χ0) is 29.2. The van der Waals surface area contributed by atoms with Gasteiger partial charge >= 0.3 is 5.97 Å². The molecule has 0 heterocycles. The Morgan fingerprint density at radius 1 is 1.21 bits per heavy atom. The van der Waals surface area contributed by atoms with Gasteiger partial charge in [0.15, 0.2) is 0 Å². The standard InChI is InChI=1S/C30H42O4.C3H6.C2H6/c1-6-7-8-11-20-14-22(31)24(19-12-9-10-18(2)13-19)26(32)25(20)27(33)34-23-15-21-16-30(21)28(3,4)17-29(23,30)5;1-3-2;1-2/h13-14,19,21,23,31-32H,6-12,15-17H2,1-5H3;3H,1H2,2H3;1-2H3. The number of rotatable bonds is 7. The fourth-order valence-electron chi connectivity index (χ4n) is 8.75. The normalized spacial score (nSPS) is 31.1. The van der Waals surface area contributed by atoms with Gasteiger partial charge < -0.3 is 14.9 Å². The second-order valence-corrected chi connectivity index (χ2v) is 13.0. The number of benzene rings is 1. The van der Waals surface area contributed by atoms with Gasteiger partial charge in [-0.1, -0.05) is 72.1 Å². The number of phenols is 2. The molecular formula is C35H54O4. The predicted molar refractivity (Wildman–Crippen MR) is 161 cm³/mol. The number of unbranched alkanes of at least 4 members (excludes halogenated alkanes) is 2. The van der Waals surface area contributed by atoms with Crippen LogP contribution < -0.4 is 0 Å². The van der Waals surface area contributed by atoms with E-state index in [4.69, 9.17) is 4.74 Å². The smallest absolute Gasteiger partial charge is 0.342 e. The van der Waals surface area contributed by atoms with Crippen LogP contribution in [-0.2, 0) is 11.2 Å². The van der Waals surface area contributed by atoms with Crippen molar-refractivity contribution in [3.8, 4) is 11.5 Å². The summed E-state index contributed by atoms with van der Waals surface area (Å²) in [6, 6.07) is 1.72. The first kappa shape index (κ1) is 31.3. The number of ether oxygens (including phenoxy) is 1. The van der Waals surface area contributed by atoms with Gasteiger partial charge in [0.1, 0.15) is 23.2 Å². The Labute approximate surface area is 237 Å². The van der Waals surface area contributed by atoms with E-state index in [1.165, 1.54) is 12.0 Å². The van der Waals surface area contributed by atoms with Crippen molar-refractivity contribution in [2.45, 2.75) is 132 Å². The quantitative estimate of drug-likeness (QED) is 0.206. The molecule has 4 heteroatoms. The fraction of sp³-hybridized carbons (Fsp3) is 0.686. The molecule has 0 aliphatic heterocycles. The van der Waals surface area contributed by atoms with Crippen molar-refractivity contribution in [3.63, 3.8) is 0 Å². The van der Waals surface area contributed by atoms with Gasteiger partial charge in [0.05, 0.1) is 0 Å². The van der Waals surface area contributed by atoms with Crippen LogP contribution in [-0.4, -0.2) is 22.3 Å². The van der Waals surface area contributed by atoms with Gasteiger partial charge in [0.2, 0.25) is 0 Å². The first-order valence-corrected chi connectivity index (χ1v) is 15.5. The Hall–Kier alpha value is -2.23. The fourth-order valence-corrected chi connectivity index (χ4v) is 8.75. The maximum Gasteiger partial charge on any atom is 0.342 e. The van der Waals surface area contributed by atoms with E-state index < -0.39 is 5.97 Å². The number of hydrogen-bond donors (Lipinski definition) is 2. The Bertz CT molecular complexity index is 1080. The molecule has 3 fully saturated rings. The minimum Gasteiger partial charge on any atom is -0.507 e. The van der Waals surface area contributed by atoms with E-state index in [9.17, 15) is 15.0 Å². The minimum absolute atomic E-state index is 0.0395. The highest BCUT2D eigenvalue weighted by molar-refractivity contribution is 5.95. The molecule has 2 N–H and O–H groups in total. The van der Waals surface area contributed by atoms with Crippen LogP contribution >= 0.6 is 0 Å². The summed E-state index contributed by atoms with van der Waals surface area (Å²) in [7, 11) is 0. The number of phenolic OH excluding ortho intramolecular Hbond substituents is 2. The molecule has 1 aromatic rings. The third-order valence-electron chi connectivity index (χ3n) is 10.2. The highest BCUT2D eigenvalue weighted by atomic mass is 16.5. The summed E-state index contributed by atoms with van der Waals surface area (Å²) in [5.41, 5.74) is 3.44. The summed E-state index contributed by atoms with van der Waals surface area (Å²) in [6.45, 7) is 20.5. The van der Waals surface area contributed by atoms with Crippen LogP contribution in [0.15, 0.2) is 30.4 Å². The number of allylic oxidation sites excluding steroid dienone is 3. The van der Waals surface area contributed by atoms with Crippen molar-refractivity contribution < 1.29 is 19.7 Å². The van der Waals surface area contributed by atoms with Gasteiger partial charge in [0, 0.05) is 16.9 Å². The van der Waals surface area contributed by atoms with Crippen molar-refractivity contribution in [2.24, 2.45) is 22.2 Å². The molecule has 39 heavy (non-hydrogen) atoms. The Balaban J connectivity index is 0.000000787. The number of esters is 1. The number of carbonyl (C=O) groups excluding carboxylic acids is 1. The number of aryl methyl sites for hydroxylation is 1. The number of hydrogen-bond acceptors (Lipinski definition) is 4. The van der Waals surface area contributed by atoms with E-state index in [1.54, 1.807) is 12.1 Å². The number of carbonyl (C=O) groups is 1. The van der Waals surface area contributed by atoms with Gasteiger partial charge in [0.25, 0.3) is 0 Å². The van der Waals surface area contributed by atoms with Crippen LogP contribution in [0.4, 0.5) is 0 Å². The summed E-state index contributed by atoms with van der Waals surface area (Å²) < 4.78 is 6.26. The Morgan fingerprint density at radius 3 is 2.44 bits per heavy atom. The van der Waals surface area contributed by atoms with Crippen molar-refractivity contribution in [3.05, 3.63) is 47.1 Å². The van der Waals surface area contributed by atoms with E-state index >= 15 is 0 Å². The lowest BCUT2D eigenvalue weighted by atomic mass is 9.44. The molecule has 0 radical (unpaired) electrons. The average molecular weight is 539 g/mol. The second-order valence-electron chi connectivity index (χ2n) is 13.0. The van der Waals surface area contributed by atoms with E-state index in [1.807, 2.05) is 20.8 Å². The van der Waals surface area contributed by atoms with Crippen LogP contribution in [0.5, 0.6) is 11.5 Å². The molecule has 4 aliphatic rings. The van der Waals surface area contributed by atoms with Gasteiger partial charge in [-0.25, -0.2) is 4.79 Å². The second kappa shape index (κ2) is 12.1. The van der Waals surface area contributed by atoms with Gasteiger partial charge in [-0.05, 0) is 93.6 Å². The van der Waals surface area contributed by atoms with Gasteiger partial charge in [-0.2, -0.15) is 0 Å². The first-order valence-electron chi connectivity index (χ1n) is 15.5. The molecule has 4 aliphatic carbocycles. The van der Waals surface area contributed by atoms with Crippen molar-refractivity contribution in [1.29, 1.82) is 0 Å². The highest BCUT2D eigenvalue weighted by Gasteiger charge is 2.84. The van der Waals surface area contributed by atoms with Crippen LogP contribution in [0.25, 0.3) is 0 Å². The minimum atomic E-state index is -0.408. The summed E-state index contributed by atoms with van der Waals surface area (Å²) in [5.74, 6) is 0.212. The molecule has 5 unspecified atom stereocenters. The third kappa shape index (κ3) is 5.30. The highest BCUT2D eigenvalue weighted by Crippen LogP contribution is 2.88. The maximum absolute atomic E-state index is 13.7. The molecule has 1 spiro atoms. The molecule has 4 nitrogen and oxygen atoms in total. The monoisotopic (exact) mass is 538 g/mol. The molecule has 218 valence electrons. The molecule has 5 rings (SSSR count). The number of aromatic hydroxyl groups is 2. The van der Waals surface area contributed by atoms with Crippen LogP contribution in [0.3, 0.4) is 0 Å².